The highest BCUT2D eigenvalue weighted by atomic mass is 16.1. The monoisotopic (exact) mass is 290 g/mol. The van der Waals surface area contributed by atoms with E-state index < -0.39 is 0 Å². The molecule has 1 unspecified atom stereocenters. The molecule has 0 radical (unpaired) electrons. The fraction of sp³-hybridized carbons (Fsp3) is 0.571. The predicted octanol–water partition coefficient (Wildman–Crippen LogP) is 0.385. The molecule has 2 rings (SSSR count). The molecule has 7 heteroatoms. The Balaban J connectivity index is 2.01. The molecule has 0 fully saturated rings. The zero-order chi connectivity index (χ0) is 15.4. The van der Waals surface area contributed by atoms with Crippen LogP contribution in [0.4, 0.5) is 0 Å². The van der Waals surface area contributed by atoms with E-state index in [1.165, 1.54) is 6.33 Å². The van der Waals surface area contributed by atoms with Gasteiger partial charge in [0.05, 0.1) is 0 Å². The van der Waals surface area contributed by atoms with E-state index in [1.807, 2.05) is 20.8 Å². The van der Waals surface area contributed by atoms with Crippen LogP contribution in [-0.2, 0) is 11.2 Å². The normalized spacial score (nSPS) is 12.6. The van der Waals surface area contributed by atoms with Crippen molar-refractivity contribution in [2.45, 2.75) is 33.6 Å². The van der Waals surface area contributed by atoms with Crippen LogP contribution < -0.4 is 11.1 Å². The highest BCUT2D eigenvalue weighted by molar-refractivity contribution is 5.76. The lowest BCUT2D eigenvalue weighted by Crippen LogP contribution is -2.31. The first-order valence-corrected chi connectivity index (χ1v) is 7.15. The second-order valence-electron chi connectivity index (χ2n) is 5.38. The third kappa shape index (κ3) is 3.55. The van der Waals surface area contributed by atoms with Crippen molar-refractivity contribution in [2.24, 2.45) is 11.7 Å². The summed E-state index contributed by atoms with van der Waals surface area (Å²) in [5, 5.41) is 7.05. The van der Waals surface area contributed by atoms with E-state index in [1.54, 1.807) is 4.52 Å². The van der Waals surface area contributed by atoms with Crippen molar-refractivity contribution >= 4 is 11.7 Å². The van der Waals surface area contributed by atoms with Gasteiger partial charge in [-0.3, -0.25) is 4.79 Å². The summed E-state index contributed by atoms with van der Waals surface area (Å²) in [4.78, 5) is 20.4. The van der Waals surface area contributed by atoms with Crippen LogP contribution in [-0.4, -0.2) is 38.6 Å². The number of fused-ring (bicyclic) bond motifs is 1. The number of nitrogens with zero attached hydrogens (tertiary/aromatic N) is 4. The average molecular weight is 290 g/mol. The van der Waals surface area contributed by atoms with Crippen molar-refractivity contribution in [3.8, 4) is 0 Å². The second-order valence-corrected chi connectivity index (χ2v) is 5.38. The Hall–Kier alpha value is -2.02. The van der Waals surface area contributed by atoms with Crippen LogP contribution in [0.5, 0.6) is 0 Å². The van der Waals surface area contributed by atoms with Gasteiger partial charge in [0.2, 0.25) is 5.91 Å². The van der Waals surface area contributed by atoms with Crippen molar-refractivity contribution in [3.05, 3.63) is 23.3 Å². The maximum Gasteiger partial charge on any atom is 0.252 e. The first kappa shape index (κ1) is 15.4. The SMILES string of the molecule is Cc1nc2ncnn2c(C)c1CCC(=O)NCC(C)CN. The number of aromatic nitrogens is 4. The van der Waals surface area contributed by atoms with E-state index in [2.05, 4.69) is 20.4 Å². The minimum Gasteiger partial charge on any atom is -0.356 e. The second kappa shape index (κ2) is 6.62. The molecule has 0 aliphatic carbocycles. The number of nitrogens with two attached hydrogens (primary N) is 1. The van der Waals surface area contributed by atoms with Crippen molar-refractivity contribution in [1.82, 2.24) is 24.9 Å². The van der Waals surface area contributed by atoms with Gasteiger partial charge in [0.25, 0.3) is 5.78 Å². The summed E-state index contributed by atoms with van der Waals surface area (Å²) in [6.45, 7) is 7.11. The molecule has 0 saturated heterocycles. The van der Waals surface area contributed by atoms with E-state index in [0.717, 1.165) is 17.0 Å². The van der Waals surface area contributed by atoms with E-state index in [0.29, 0.717) is 37.6 Å². The van der Waals surface area contributed by atoms with E-state index in [-0.39, 0.29) is 5.91 Å². The van der Waals surface area contributed by atoms with Crippen molar-refractivity contribution in [3.63, 3.8) is 0 Å². The maximum absolute atomic E-state index is 11.9. The van der Waals surface area contributed by atoms with Gasteiger partial charge < -0.3 is 11.1 Å². The summed E-state index contributed by atoms with van der Waals surface area (Å²) >= 11 is 0. The van der Waals surface area contributed by atoms with Gasteiger partial charge in [-0.25, -0.2) is 9.50 Å². The van der Waals surface area contributed by atoms with Gasteiger partial charge >= 0.3 is 0 Å². The number of rotatable bonds is 6. The van der Waals surface area contributed by atoms with Crippen molar-refractivity contribution in [2.75, 3.05) is 13.1 Å². The standard InChI is InChI=1S/C14H22N6O/c1-9(6-15)7-16-13(21)5-4-12-10(2)19-14-17-8-18-20(14)11(12)3/h8-9H,4-7,15H2,1-3H3,(H,16,21). The molecule has 3 N–H and O–H groups in total. The molecule has 2 aromatic heterocycles. The Kier molecular flexibility index (Phi) is 4.85. The van der Waals surface area contributed by atoms with Gasteiger partial charge in [0, 0.05) is 24.4 Å². The zero-order valence-electron chi connectivity index (χ0n) is 12.8. The van der Waals surface area contributed by atoms with Crippen LogP contribution in [0.25, 0.3) is 5.78 Å². The molecule has 2 aromatic rings. The van der Waals surface area contributed by atoms with Gasteiger partial charge in [-0.05, 0) is 38.3 Å². The molecule has 7 nitrogen and oxygen atoms in total. The Morgan fingerprint density at radius 1 is 1.48 bits per heavy atom. The molecule has 0 aliphatic heterocycles. The molecular weight excluding hydrogens is 268 g/mol. The number of aryl methyl sites for hydroxylation is 2. The summed E-state index contributed by atoms with van der Waals surface area (Å²) in [5.74, 6) is 0.924. The fourth-order valence-electron chi connectivity index (χ4n) is 2.22. The van der Waals surface area contributed by atoms with Gasteiger partial charge in [-0.15, -0.1) is 0 Å². The molecule has 21 heavy (non-hydrogen) atoms. The number of amides is 1. The summed E-state index contributed by atoms with van der Waals surface area (Å²) in [6, 6.07) is 0. The molecular formula is C14H22N6O. The average Bonchev–Trinajstić information content (AvgIpc) is 2.92. The predicted molar refractivity (Wildman–Crippen MR) is 79.8 cm³/mol. The topological polar surface area (TPSA) is 98.2 Å². The quantitative estimate of drug-likeness (QED) is 0.801. The van der Waals surface area contributed by atoms with Crippen molar-refractivity contribution < 1.29 is 4.79 Å². The first-order valence-electron chi connectivity index (χ1n) is 7.15. The molecule has 0 saturated carbocycles. The van der Waals surface area contributed by atoms with Crippen LogP contribution in [0.3, 0.4) is 0 Å². The van der Waals surface area contributed by atoms with Crippen molar-refractivity contribution in [1.29, 1.82) is 0 Å². The van der Waals surface area contributed by atoms with Crippen LogP contribution >= 0.6 is 0 Å². The Morgan fingerprint density at radius 3 is 2.95 bits per heavy atom. The third-order valence-corrected chi connectivity index (χ3v) is 3.64. The fourth-order valence-corrected chi connectivity index (χ4v) is 2.22. The third-order valence-electron chi connectivity index (χ3n) is 3.64. The maximum atomic E-state index is 11.9. The molecule has 0 bridgehead atoms. The lowest BCUT2D eigenvalue weighted by atomic mass is 10.1. The largest absolute Gasteiger partial charge is 0.356 e. The molecule has 1 atom stereocenters. The van der Waals surface area contributed by atoms with Gasteiger partial charge in [-0.2, -0.15) is 10.1 Å². The highest BCUT2D eigenvalue weighted by Gasteiger charge is 2.12. The summed E-state index contributed by atoms with van der Waals surface area (Å²) in [6.07, 6.45) is 2.56. The van der Waals surface area contributed by atoms with E-state index >= 15 is 0 Å². The molecule has 0 spiro atoms. The Labute approximate surface area is 124 Å². The summed E-state index contributed by atoms with van der Waals surface area (Å²) < 4.78 is 1.71. The smallest absolute Gasteiger partial charge is 0.252 e. The number of hydrogen-bond donors (Lipinski definition) is 2. The number of hydrogen-bond acceptors (Lipinski definition) is 5. The molecule has 0 aromatic carbocycles. The lowest BCUT2D eigenvalue weighted by molar-refractivity contribution is -0.121. The summed E-state index contributed by atoms with van der Waals surface area (Å²) in [5.41, 5.74) is 8.46. The lowest BCUT2D eigenvalue weighted by Gasteiger charge is -2.12. The van der Waals surface area contributed by atoms with Crippen LogP contribution in [0.2, 0.25) is 0 Å². The van der Waals surface area contributed by atoms with Gasteiger partial charge in [-0.1, -0.05) is 6.92 Å². The molecule has 2 heterocycles. The van der Waals surface area contributed by atoms with Crippen LogP contribution in [0, 0.1) is 19.8 Å². The summed E-state index contributed by atoms with van der Waals surface area (Å²) in [7, 11) is 0. The van der Waals surface area contributed by atoms with Gasteiger partial charge in [0.15, 0.2) is 0 Å². The zero-order valence-corrected chi connectivity index (χ0v) is 12.8. The highest BCUT2D eigenvalue weighted by Crippen LogP contribution is 2.14. The Morgan fingerprint density at radius 2 is 2.24 bits per heavy atom. The number of carbonyl (C=O) groups excluding carboxylic acids is 1. The number of nitrogens with one attached hydrogen (secondary N) is 1. The molecule has 0 aliphatic rings. The molecule has 114 valence electrons. The van der Waals surface area contributed by atoms with Gasteiger partial charge in [0.1, 0.15) is 6.33 Å². The minimum absolute atomic E-state index is 0.0350. The van der Waals surface area contributed by atoms with E-state index in [9.17, 15) is 4.79 Å². The Bertz CT molecular complexity index is 636. The van der Waals surface area contributed by atoms with Crippen LogP contribution in [0.15, 0.2) is 6.33 Å². The van der Waals surface area contributed by atoms with E-state index in [4.69, 9.17) is 5.73 Å². The first-order chi connectivity index (χ1) is 10.0. The molecule has 1 amide bonds. The van der Waals surface area contributed by atoms with Crippen LogP contribution in [0.1, 0.15) is 30.3 Å². The number of carbonyl (C=O) groups is 1. The minimum atomic E-state index is 0.0350.